The van der Waals surface area contributed by atoms with Gasteiger partial charge in [-0.2, -0.15) is 0 Å². The van der Waals surface area contributed by atoms with Crippen LogP contribution in [0.5, 0.6) is 0 Å². The van der Waals surface area contributed by atoms with Gasteiger partial charge in [-0.15, -0.1) is 0 Å². The van der Waals surface area contributed by atoms with E-state index in [2.05, 4.69) is 27.6 Å². The summed E-state index contributed by atoms with van der Waals surface area (Å²) in [5.74, 6) is 0.812. The molecular weight excluding hydrogens is 274 g/mol. The van der Waals surface area contributed by atoms with E-state index < -0.39 is 0 Å². The smallest absolute Gasteiger partial charge is 0.146 e. The van der Waals surface area contributed by atoms with Crippen molar-refractivity contribution in [3.8, 4) is 0 Å². The Balaban J connectivity index is 3.09. The molecule has 0 saturated heterocycles. The zero-order valence-corrected chi connectivity index (χ0v) is 9.22. The molecule has 0 amide bonds. The Labute approximate surface area is 84.7 Å². The van der Waals surface area contributed by atoms with Crippen molar-refractivity contribution in [1.29, 1.82) is 0 Å². The summed E-state index contributed by atoms with van der Waals surface area (Å²) in [6, 6.07) is 1.89. The zero-order valence-electron chi connectivity index (χ0n) is 6.31. The van der Waals surface area contributed by atoms with Crippen LogP contribution in [0.3, 0.4) is 0 Å². The normalized spacial score (nSPS) is 9.82. The number of nitrogens with zero attached hydrogens (tertiary/aromatic N) is 2. The van der Waals surface area contributed by atoms with Gasteiger partial charge in [0, 0.05) is 23.9 Å². The molecule has 1 aromatic rings. The molecule has 0 radical (unpaired) electrons. The van der Waals surface area contributed by atoms with Gasteiger partial charge in [-0.3, -0.25) is 0 Å². The molecule has 0 aliphatic carbocycles. The summed E-state index contributed by atoms with van der Waals surface area (Å²) in [7, 11) is 3.84. The van der Waals surface area contributed by atoms with E-state index in [4.69, 9.17) is 11.6 Å². The van der Waals surface area contributed by atoms with E-state index in [0.29, 0.717) is 5.02 Å². The highest BCUT2D eigenvalue weighted by Gasteiger charge is 2.02. The molecule has 1 heterocycles. The predicted octanol–water partition coefficient (Wildman–Crippen LogP) is 2.41. The van der Waals surface area contributed by atoms with Gasteiger partial charge in [0.1, 0.15) is 5.82 Å². The molecular formula is C7H8ClIN2. The van der Waals surface area contributed by atoms with Crippen LogP contribution in [-0.2, 0) is 0 Å². The number of halogens is 2. The van der Waals surface area contributed by atoms with E-state index in [1.54, 1.807) is 6.20 Å². The Morgan fingerprint density at radius 2 is 2.18 bits per heavy atom. The van der Waals surface area contributed by atoms with Crippen molar-refractivity contribution < 1.29 is 0 Å². The maximum absolute atomic E-state index is 5.92. The molecule has 4 heteroatoms. The Bertz CT molecular complexity index is 263. The second-order valence-electron chi connectivity index (χ2n) is 2.35. The summed E-state index contributed by atoms with van der Waals surface area (Å²) in [4.78, 5) is 6.05. The van der Waals surface area contributed by atoms with Crippen molar-refractivity contribution in [3.05, 3.63) is 20.9 Å². The fraction of sp³-hybridized carbons (Fsp3) is 0.286. The van der Waals surface area contributed by atoms with Crippen LogP contribution in [0.2, 0.25) is 5.02 Å². The third kappa shape index (κ3) is 2.20. The fourth-order valence-electron chi connectivity index (χ4n) is 0.736. The summed E-state index contributed by atoms with van der Waals surface area (Å²) in [5.41, 5.74) is 0. The average Bonchev–Trinajstić information content (AvgIpc) is 1.85. The lowest BCUT2D eigenvalue weighted by atomic mass is 10.4. The quantitative estimate of drug-likeness (QED) is 0.735. The first-order valence-corrected chi connectivity index (χ1v) is 4.55. The first-order chi connectivity index (χ1) is 5.11. The SMILES string of the molecule is CN(C)c1ncc(I)cc1Cl. The summed E-state index contributed by atoms with van der Waals surface area (Å²) < 4.78 is 1.05. The maximum atomic E-state index is 5.92. The molecule has 0 spiro atoms. The Kier molecular flexibility index (Phi) is 2.95. The van der Waals surface area contributed by atoms with Gasteiger partial charge in [0.05, 0.1) is 5.02 Å². The first-order valence-electron chi connectivity index (χ1n) is 3.09. The third-order valence-corrected chi connectivity index (χ3v) is 2.08. The van der Waals surface area contributed by atoms with Crippen LogP contribution in [0.4, 0.5) is 5.82 Å². The minimum atomic E-state index is 0.696. The highest BCUT2D eigenvalue weighted by molar-refractivity contribution is 14.1. The molecule has 0 aliphatic rings. The van der Waals surface area contributed by atoms with Crippen LogP contribution in [-0.4, -0.2) is 19.1 Å². The molecule has 0 saturated carbocycles. The molecule has 1 rings (SSSR count). The van der Waals surface area contributed by atoms with E-state index in [9.17, 15) is 0 Å². The third-order valence-electron chi connectivity index (χ3n) is 1.21. The van der Waals surface area contributed by atoms with Crippen molar-refractivity contribution in [3.63, 3.8) is 0 Å². The molecule has 0 aromatic carbocycles. The van der Waals surface area contributed by atoms with Crippen LogP contribution in [0.1, 0.15) is 0 Å². The van der Waals surface area contributed by atoms with Crippen LogP contribution < -0.4 is 4.90 Å². The van der Waals surface area contributed by atoms with Crippen molar-refractivity contribution in [2.24, 2.45) is 0 Å². The van der Waals surface area contributed by atoms with Crippen molar-refractivity contribution in [2.75, 3.05) is 19.0 Å². The van der Waals surface area contributed by atoms with Crippen LogP contribution in [0.25, 0.3) is 0 Å². The van der Waals surface area contributed by atoms with Crippen molar-refractivity contribution in [1.82, 2.24) is 4.98 Å². The Morgan fingerprint density at radius 3 is 2.64 bits per heavy atom. The van der Waals surface area contributed by atoms with Gasteiger partial charge in [0.25, 0.3) is 0 Å². The number of rotatable bonds is 1. The molecule has 0 atom stereocenters. The van der Waals surface area contributed by atoms with E-state index in [-0.39, 0.29) is 0 Å². The molecule has 0 unspecified atom stereocenters. The lowest BCUT2D eigenvalue weighted by molar-refractivity contribution is 1.07. The van der Waals surface area contributed by atoms with Gasteiger partial charge in [0.2, 0.25) is 0 Å². The van der Waals surface area contributed by atoms with Crippen molar-refractivity contribution in [2.45, 2.75) is 0 Å². The van der Waals surface area contributed by atoms with Gasteiger partial charge in [0.15, 0.2) is 0 Å². The second-order valence-corrected chi connectivity index (χ2v) is 4.01. The van der Waals surface area contributed by atoms with Crippen molar-refractivity contribution >= 4 is 40.0 Å². The lowest BCUT2D eigenvalue weighted by Gasteiger charge is -2.12. The molecule has 0 aliphatic heterocycles. The van der Waals surface area contributed by atoms with E-state index in [0.717, 1.165) is 9.39 Å². The zero-order chi connectivity index (χ0) is 8.43. The van der Waals surface area contributed by atoms with E-state index in [1.165, 1.54) is 0 Å². The van der Waals surface area contributed by atoms with Gasteiger partial charge in [-0.25, -0.2) is 4.98 Å². The predicted molar refractivity (Wildman–Crippen MR) is 56.3 cm³/mol. The minimum Gasteiger partial charge on any atom is -0.362 e. The monoisotopic (exact) mass is 282 g/mol. The molecule has 11 heavy (non-hydrogen) atoms. The summed E-state index contributed by atoms with van der Waals surface area (Å²) in [6.07, 6.45) is 1.79. The molecule has 1 aromatic heterocycles. The summed E-state index contributed by atoms with van der Waals surface area (Å²) in [5, 5.41) is 0.696. The molecule has 2 nitrogen and oxygen atoms in total. The number of anilines is 1. The first kappa shape index (κ1) is 9.06. The van der Waals surface area contributed by atoms with E-state index >= 15 is 0 Å². The molecule has 0 bridgehead atoms. The number of aromatic nitrogens is 1. The minimum absolute atomic E-state index is 0.696. The van der Waals surface area contributed by atoms with Crippen LogP contribution in [0, 0.1) is 3.57 Å². The average molecular weight is 283 g/mol. The summed E-state index contributed by atoms with van der Waals surface area (Å²) >= 11 is 8.10. The van der Waals surface area contributed by atoms with Gasteiger partial charge >= 0.3 is 0 Å². The number of hydrogen-bond donors (Lipinski definition) is 0. The number of hydrogen-bond acceptors (Lipinski definition) is 2. The second kappa shape index (κ2) is 3.58. The lowest BCUT2D eigenvalue weighted by Crippen LogP contribution is -2.10. The fourth-order valence-corrected chi connectivity index (χ4v) is 1.71. The Morgan fingerprint density at radius 1 is 1.55 bits per heavy atom. The number of pyridine rings is 1. The highest BCUT2D eigenvalue weighted by Crippen LogP contribution is 2.22. The standard InChI is InChI=1S/C7H8ClIN2/c1-11(2)7-6(8)3-5(9)4-10-7/h3-4H,1-2H3. The Hall–Kier alpha value is -0.0300. The van der Waals surface area contributed by atoms with Crippen LogP contribution >= 0.6 is 34.2 Å². The van der Waals surface area contributed by atoms with Gasteiger partial charge in [-0.05, 0) is 28.7 Å². The largest absolute Gasteiger partial charge is 0.362 e. The maximum Gasteiger partial charge on any atom is 0.146 e. The summed E-state index contributed by atoms with van der Waals surface area (Å²) in [6.45, 7) is 0. The molecule has 0 N–H and O–H groups in total. The van der Waals surface area contributed by atoms with Gasteiger partial charge in [-0.1, -0.05) is 11.6 Å². The highest BCUT2D eigenvalue weighted by atomic mass is 127. The topological polar surface area (TPSA) is 16.1 Å². The van der Waals surface area contributed by atoms with Crippen LogP contribution in [0.15, 0.2) is 12.3 Å². The molecule has 60 valence electrons. The van der Waals surface area contributed by atoms with E-state index in [1.807, 2.05) is 25.1 Å². The molecule has 0 fully saturated rings. The van der Waals surface area contributed by atoms with Gasteiger partial charge < -0.3 is 4.90 Å².